The molecule has 7 nitrogen and oxygen atoms in total. The molecule has 1 fully saturated rings. The quantitative estimate of drug-likeness (QED) is 0.339. The zero-order valence-corrected chi connectivity index (χ0v) is 20.1. The number of aromatic nitrogens is 5. The van der Waals surface area contributed by atoms with Crippen LogP contribution in [0.25, 0.3) is 16.6 Å². The van der Waals surface area contributed by atoms with Crippen molar-refractivity contribution in [2.75, 3.05) is 18.0 Å². The molecular formula is C28H28N6O. The maximum atomic E-state index is 13.4. The number of hydrogen-bond donors (Lipinski definition) is 0. The Labute approximate surface area is 204 Å². The lowest BCUT2D eigenvalue weighted by Crippen LogP contribution is -2.17. The number of aryl methyl sites for hydroxylation is 2. The van der Waals surface area contributed by atoms with Crippen LogP contribution in [0.1, 0.15) is 46.0 Å². The Kier molecular flexibility index (Phi) is 5.32. The van der Waals surface area contributed by atoms with Crippen LogP contribution in [0, 0.1) is 13.8 Å². The summed E-state index contributed by atoms with van der Waals surface area (Å²) in [5.74, 6) is 0.0476. The van der Waals surface area contributed by atoms with E-state index in [1.165, 1.54) is 18.5 Å². The second-order valence-electron chi connectivity index (χ2n) is 9.38. The van der Waals surface area contributed by atoms with Gasteiger partial charge in [-0.3, -0.25) is 18.9 Å². The predicted molar refractivity (Wildman–Crippen MR) is 137 cm³/mol. The van der Waals surface area contributed by atoms with Gasteiger partial charge >= 0.3 is 0 Å². The molecule has 0 N–H and O–H groups in total. The van der Waals surface area contributed by atoms with Gasteiger partial charge in [-0.2, -0.15) is 5.10 Å². The van der Waals surface area contributed by atoms with Crippen molar-refractivity contribution in [2.45, 2.75) is 39.7 Å². The number of Topliss-reactive ketones (excluding diaryl/α,β-unsaturated/α-hetero) is 1. The fraction of sp³-hybridized carbons (Fsp3) is 0.286. The van der Waals surface area contributed by atoms with Gasteiger partial charge in [-0.25, -0.2) is 4.98 Å². The summed E-state index contributed by atoms with van der Waals surface area (Å²) in [6.07, 6.45) is 6.43. The third-order valence-corrected chi connectivity index (χ3v) is 6.90. The third kappa shape index (κ3) is 3.97. The lowest BCUT2D eigenvalue weighted by Gasteiger charge is -2.17. The fourth-order valence-corrected chi connectivity index (χ4v) is 5.22. The molecule has 0 radical (unpaired) electrons. The average molecular weight is 465 g/mol. The number of carbonyl (C=O) groups excluding carboxylic acids is 1. The van der Waals surface area contributed by atoms with Crippen molar-refractivity contribution >= 4 is 28.0 Å². The highest BCUT2D eigenvalue weighted by molar-refractivity contribution is 5.99. The van der Waals surface area contributed by atoms with E-state index in [9.17, 15) is 4.79 Å². The molecular weight excluding hydrogens is 436 g/mol. The van der Waals surface area contributed by atoms with Gasteiger partial charge in [0.1, 0.15) is 11.3 Å². The van der Waals surface area contributed by atoms with E-state index in [1.54, 1.807) is 6.20 Å². The van der Waals surface area contributed by atoms with Gasteiger partial charge in [0.15, 0.2) is 5.78 Å². The topological polar surface area (TPSA) is 68.3 Å². The Hall–Kier alpha value is -4.00. The van der Waals surface area contributed by atoms with Crippen LogP contribution in [0.5, 0.6) is 0 Å². The Bertz CT molecular complexity index is 1560. The van der Waals surface area contributed by atoms with Crippen LogP contribution < -0.4 is 4.90 Å². The summed E-state index contributed by atoms with van der Waals surface area (Å²) in [5.41, 5.74) is 7.48. The van der Waals surface area contributed by atoms with Crippen molar-refractivity contribution in [2.24, 2.45) is 0 Å². The van der Waals surface area contributed by atoms with E-state index in [0.29, 0.717) is 18.7 Å². The number of pyridine rings is 2. The molecule has 5 heterocycles. The standard InChI is InChI=1S/C28H28N6O/c1-19-7-5-9-22(30-19)18-34-24-10-6-8-21(28(24)20(2)31-34)15-26(35)25-17-29-27-16-23(11-14-33(25)27)32-12-3-4-13-32/h5-11,14,16-17H,3-4,12-13,15,18H2,1-2H3. The number of rotatable bonds is 6. The minimum absolute atomic E-state index is 0.0476. The molecule has 1 aliphatic rings. The SMILES string of the molecule is Cc1cccc(Cn2nc(C)c3c(CC(=O)c4cnc5cc(N6CCCC6)ccn45)cccc32)n1. The molecule has 6 rings (SSSR count). The summed E-state index contributed by atoms with van der Waals surface area (Å²) in [6.45, 7) is 6.76. The molecule has 5 aromatic rings. The van der Waals surface area contributed by atoms with E-state index < -0.39 is 0 Å². The summed E-state index contributed by atoms with van der Waals surface area (Å²) in [6, 6.07) is 16.3. The van der Waals surface area contributed by atoms with Gasteiger partial charge in [0.2, 0.25) is 0 Å². The first-order valence-corrected chi connectivity index (χ1v) is 12.2. The first-order valence-electron chi connectivity index (χ1n) is 12.2. The number of benzene rings is 1. The molecule has 176 valence electrons. The van der Waals surface area contributed by atoms with Crippen LogP contribution >= 0.6 is 0 Å². The number of ketones is 1. The average Bonchev–Trinajstić information content (AvgIpc) is 3.59. The highest BCUT2D eigenvalue weighted by Crippen LogP contribution is 2.26. The summed E-state index contributed by atoms with van der Waals surface area (Å²) >= 11 is 0. The molecule has 7 heteroatoms. The highest BCUT2D eigenvalue weighted by Gasteiger charge is 2.19. The summed E-state index contributed by atoms with van der Waals surface area (Å²) in [4.78, 5) is 25.0. The first kappa shape index (κ1) is 21.5. The number of carbonyl (C=O) groups is 1. The van der Waals surface area contributed by atoms with Crippen molar-refractivity contribution in [3.8, 4) is 0 Å². The monoisotopic (exact) mass is 464 g/mol. The van der Waals surface area contributed by atoms with Gasteiger partial charge in [0.25, 0.3) is 0 Å². The van der Waals surface area contributed by atoms with Gasteiger partial charge in [-0.1, -0.05) is 18.2 Å². The summed E-state index contributed by atoms with van der Waals surface area (Å²) in [5, 5.41) is 5.83. The van der Waals surface area contributed by atoms with E-state index in [1.807, 2.05) is 59.5 Å². The van der Waals surface area contributed by atoms with Crippen LogP contribution in [0.4, 0.5) is 5.69 Å². The lowest BCUT2D eigenvalue weighted by molar-refractivity contribution is 0.0987. The number of anilines is 1. The largest absolute Gasteiger partial charge is 0.371 e. The van der Waals surface area contributed by atoms with Crippen LogP contribution in [0.3, 0.4) is 0 Å². The molecule has 0 aliphatic carbocycles. The molecule has 0 spiro atoms. The lowest BCUT2D eigenvalue weighted by atomic mass is 10.0. The first-order chi connectivity index (χ1) is 17.1. The van der Waals surface area contributed by atoms with E-state index in [2.05, 4.69) is 33.1 Å². The zero-order chi connectivity index (χ0) is 23.9. The number of imidazole rings is 1. The highest BCUT2D eigenvalue weighted by atomic mass is 16.1. The van der Waals surface area contributed by atoms with Crippen molar-refractivity contribution in [1.29, 1.82) is 0 Å². The second kappa shape index (κ2) is 8.65. The van der Waals surface area contributed by atoms with Crippen LogP contribution in [-0.4, -0.2) is 43.0 Å². The van der Waals surface area contributed by atoms with Crippen molar-refractivity contribution in [3.63, 3.8) is 0 Å². The zero-order valence-electron chi connectivity index (χ0n) is 20.1. The van der Waals surface area contributed by atoms with Gasteiger partial charge in [-0.15, -0.1) is 0 Å². The molecule has 0 bridgehead atoms. The molecule has 35 heavy (non-hydrogen) atoms. The van der Waals surface area contributed by atoms with Gasteiger partial charge in [0, 0.05) is 48.5 Å². The molecule has 0 saturated carbocycles. The van der Waals surface area contributed by atoms with Crippen molar-refractivity contribution in [1.82, 2.24) is 24.1 Å². The Morgan fingerprint density at radius 2 is 1.86 bits per heavy atom. The Balaban J connectivity index is 1.30. The maximum Gasteiger partial charge on any atom is 0.185 e. The number of fused-ring (bicyclic) bond motifs is 2. The van der Waals surface area contributed by atoms with Gasteiger partial charge in [0.05, 0.1) is 29.6 Å². The fourth-order valence-electron chi connectivity index (χ4n) is 5.22. The van der Waals surface area contributed by atoms with Crippen molar-refractivity contribution in [3.05, 3.63) is 89.3 Å². The van der Waals surface area contributed by atoms with Gasteiger partial charge < -0.3 is 4.90 Å². The maximum absolute atomic E-state index is 13.4. The Morgan fingerprint density at radius 1 is 1.03 bits per heavy atom. The normalized spacial score (nSPS) is 13.8. The number of hydrogen-bond acceptors (Lipinski definition) is 5. The second-order valence-corrected chi connectivity index (χ2v) is 9.38. The van der Waals surface area contributed by atoms with Crippen LogP contribution in [0.2, 0.25) is 0 Å². The van der Waals surface area contributed by atoms with E-state index in [-0.39, 0.29) is 5.78 Å². The third-order valence-electron chi connectivity index (χ3n) is 6.90. The molecule has 0 unspecified atom stereocenters. The number of nitrogens with zero attached hydrogens (tertiary/aromatic N) is 6. The molecule has 1 aromatic carbocycles. The minimum atomic E-state index is 0.0476. The predicted octanol–water partition coefficient (Wildman–Crippen LogP) is 4.77. The van der Waals surface area contributed by atoms with Crippen molar-refractivity contribution < 1.29 is 4.79 Å². The van der Waals surface area contributed by atoms with Crippen LogP contribution in [-0.2, 0) is 13.0 Å². The minimum Gasteiger partial charge on any atom is -0.371 e. The molecule has 0 atom stereocenters. The molecule has 0 amide bonds. The van der Waals surface area contributed by atoms with Crippen LogP contribution in [0.15, 0.2) is 60.9 Å². The van der Waals surface area contributed by atoms with E-state index in [0.717, 1.165) is 52.3 Å². The smallest absolute Gasteiger partial charge is 0.185 e. The molecule has 1 saturated heterocycles. The van der Waals surface area contributed by atoms with E-state index >= 15 is 0 Å². The summed E-state index contributed by atoms with van der Waals surface area (Å²) in [7, 11) is 0. The molecule has 4 aromatic heterocycles. The Morgan fingerprint density at radius 3 is 2.69 bits per heavy atom. The van der Waals surface area contributed by atoms with E-state index in [4.69, 9.17) is 5.10 Å². The molecule has 1 aliphatic heterocycles. The van der Waals surface area contributed by atoms with Gasteiger partial charge in [-0.05, 0) is 56.5 Å². The summed E-state index contributed by atoms with van der Waals surface area (Å²) < 4.78 is 3.89.